The molecule has 0 amide bonds. The SMILES string of the molecule is Clc1cc(CNc2c(Cl)ccc3c2CCNCC3)ccc1OCc1ccccc1. The van der Waals surface area contributed by atoms with Crippen LogP contribution in [0.4, 0.5) is 5.69 Å². The van der Waals surface area contributed by atoms with Crippen LogP contribution >= 0.6 is 23.2 Å². The molecule has 0 aliphatic carbocycles. The van der Waals surface area contributed by atoms with Gasteiger partial charge in [0.25, 0.3) is 0 Å². The zero-order chi connectivity index (χ0) is 20.1. The number of rotatable bonds is 6. The molecule has 29 heavy (non-hydrogen) atoms. The number of hydrogen-bond acceptors (Lipinski definition) is 3. The smallest absolute Gasteiger partial charge is 0.138 e. The molecule has 4 rings (SSSR count). The van der Waals surface area contributed by atoms with Gasteiger partial charge in [-0.05, 0) is 66.4 Å². The van der Waals surface area contributed by atoms with Crippen LogP contribution in [-0.4, -0.2) is 13.1 Å². The van der Waals surface area contributed by atoms with E-state index in [0.717, 1.165) is 47.8 Å². The van der Waals surface area contributed by atoms with Gasteiger partial charge in [0.05, 0.1) is 15.7 Å². The molecule has 150 valence electrons. The Kier molecular flexibility index (Phi) is 6.60. The molecule has 0 aromatic heterocycles. The summed E-state index contributed by atoms with van der Waals surface area (Å²) in [5.74, 6) is 0.692. The van der Waals surface area contributed by atoms with Gasteiger partial charge in [-0.25, -0.2) is 0 Å². The van der Waals surface area contributed by atoms with Gasteiger partial charge >= 0.3 is 0 Å². The molecule has 1 heterocycles. The van der Waals surface area contributed by atoms with Crippen molar-refractivity contribution in [3.05, 3.63) is 93.0 Å². The van der Waals surface area contributed by atoms with Crippen LogP contribution in [0.2, 0.25) is 10.0 Å². The van der Waals surface area contributed by atoms with Crippen molar-refractivity contribution in [2.24, 2.45) is 0 Å². The average Bonchev–Trinajstić information content (AvgIpc) is 2.99. The molecule has 0 atom stereocenters. The molecule has 0 saturated heterocycles. The highest BCUT2D eigenvalue weighted by Crippen LogP contribution is 2.32. The summed E-state index contributed by atoms with van der Waals surface area (Å²) in [4.78, 5) is 0. The van der Waals surface area contributed by atoms with Crippen molar-refractivity contribution in [3.63, 3.8) is 0 Å². The molecule has 1 aliphatic heterocycles. The van der Waals surface area contributed by atoms with Crippen LogP contribution in [0.1, 0.15) is 22.3 Å². The number of anilines is 1. The van der Waals surface area contributed by atoms with Crippen molar-refractivity contribution < 1.29 is 4.74 Å². The first kappa shape index (κ1) is 20.1. The molecule has 0 saturated carbocycles. The van der Waals surface area contributed by atoms with E-state index in [9.17, 15) is 0 Å². The lowest BCUT2D eigenvalue weighted by Crippen LogP contribution is -2.16. The van der Waals surface area contributed by atoms with E-state index in [1.54, 1.807) is 0 Å². The fourth-order valence-corrected chi connectivity index (χ4v) is 4.13. The van der Waals surface area contributed by atoms with Gasteiger partial charge in [0, 0.05) is 6.54 Å². The fourth-order valence-electron chi connectivity index (χ4n) is 3.63. The van der Waals surface area contributed by atoms with E-state index in [0.29, 0.717) is 23.9 Å². The molecule has 0 spiro atoms. The van der Waals surface area contributed by atoms with Crippen LogP contribution in [-0.2, 0) is 26.0 Å². The van der Waals surface area contributed by atoms with Crippen LogP contribution in [0.15, 0.2) is 60.7 Å². The van der Waals surface area contributed by atoms with Gasteiger partial charge in [-0.1, -0.05) is 65.7 Å². The van der Waals surface area contributed by atoms with Gasteiger partial charge in [0.2, 0.25) is 0 Å². The fraction of sp³-hybridized carbons (Fsp3) is 0.250. The molecule has 0 fully saturated rings. The average molecular weight is 427 g/mol. The maximum atomic E-state index is 6.51. The highest BCUT2D eigenvalue weighted by molar-refractivity contribution is 6.33. The minimum atomic E-state index is 0.498. The van der Waals surface area contributed by atoms with Crippen molar-refractivity contribution >= 4 is 28.9 Å². The maximum absolute atomic E-state index is 6.51. The molecule has 3 aromatic rings. The Morgan fingerprint density at radius 1 is 0.862 bits per heavy atom. The van der Waals surface area contributed by atoms with Crippen LogP contribution < -0.4 is 15.4 Å². The van der Waals surface area contributed by atoms with Crippen LogP contribution in [0.5, 0.6) is 5.75 Å². The maximum Gasteiger partial charge on any atom is 0.138 e. The molecular weight excluding hydrogens is 403 g/mol. The summed E-state index contributed by atoms with van der Waals surface area (Å²) in [5, 5.41) is 8.36. The van der Waals surface area contributed by atoms with E-state index >= 15 is 0 Å². The van der Waals surface area contributed by atoms with Crippen molar-refractivity contribution in [1.82, 2.24) is 5.32 Å². The zero-order valence-corrected chi connectivity index (χ0v) is 17.7. The van der Waals surface area contributed by atoms with E-state index in [1.165, 1.54) is 11.1 Å². The van der Waals surface area contributed by atoms with Crippen molar-refractivity contribution in [2.75, 3.05) is 18.4 Å². The zero-order valence-electron chi connectivity index (χ0n) is 16.2. The molecular formula is C24H24Cl2N2O. The van der Waals surface area contributed by atoms with Gasteiger partial charge in [0.15, 0.2) is 0 Å². The first-order chi connectivity index (χ1) is 14.2. The molecule has 0 bridgehead atoms. The Hall–Kier alpha value is -2.20. The first-order valence-corrected chi connectivity index (χ1v) is 10.7. The lowest BCUT2D eigenvalue weighted by atomic mass is 10.0. The topological polar surface area (TPSA) is 33.3 Å². The largest absolute Gasteiger partial charge is 0.487 e. The molecule has 0 radical (unpaired) electrons. The molecule has 0 unspecified atom stereocenters. The number of hydrogen-bond donors (Lipinski definition) is 2. The summed E-state index contributed by atoms with van der Waals surface area (Å²) in [7, 11) is 0. The lowest BCUT2D eigenvalue weighted by Gasteiger charge is -2.17. The predicted molar refractivity (Wildman–Crippen MR) is 121 cm³/mol. The summed E-state index contributed by atoms with van der Waals surface area (Å²) in [6.45, 7) is 3.13. The Morgan fingerprint density at radius 3 is 2.52 bits per heavy atom. The van der Waals surface area contributed by atoms with Gasteiger partial charge in [0.1, 0.15) is 12.4 Å². The molecule has 3 aromatic carbocycles. The molecule has 2 N–H and O–H groups in total. The lowest BCUT2D eigenvalue weighted by molar-refractivity contribution is 0.306. The van der Waals surface area contributed by atoms with E-state index in [4.69, 9.17) is 27.9 Å². The van der Waals surface area contributed by atoms with Gasteiger partial charge < -0.3 is 15.4 Å². The number of fused-ring (bicyclic) bond motifs is 1. The standard InChI is InChI=1S/C24H24Cl2N2O/c25-21-8-7-19-10-12-27-13-11-20(19)24(21)28-15-18-6-9-23(22(26)14-18)29-16-17-4-2-1-3-5-17/h1-9,14,27-28H,10-13,15-16H2. The first-order valence-electron chi connectivity index (χ1n) is 9.91. The molecule has 3 nitrogen and oxygen atoms in total. The number of nitrogens with one attached hydrogen (secondary N) is 2. The normalized spacial score (nSPS) is 13.4. The minimum absolute atomic E-state index is 0.498. The molecule has 1 aliphatic rings. The second-order valence-corrected chi connectivity index (χ2v) is 8.02. The van der Waals surface area contributed by atoms with Crippen LogP contribution in [0, 0.1) is 0 Å². The van der Waals surface area contributed by atoms with Crippen molar-refractivity contribution in [1.29, 1.82) is 0 Å². The van der Waals surface area contributed by atoms with E-state index in [2.05, 4.69) is 16.7 Å². The van der Waals surface area contributed by atoms with Crippen LogP contribution in [0.3, 0.4) is 0 Å². The number of ether oxygens (including phenoxy) is 1. The van der Waals surface area contributed by atoms with Gasteiger partial charge in [-0.15, -0.1) is 0 Å². The van der Waals surface area contributed by atoms with E-state index in [1.807, 2.05) is 54.6 Å². The Bertz CT molecular complexity index is 976. The predicted octanol–water partition coefficient (Wildman–Crippen LogP) is 5.87. The third-order valence-corrected chi connectivity index (χ3v) is 5.80. The third-order valence-electron chi connectivity index (χ3n) is 5.18. The highest BCUT2D eigenvalue weighted by Gasteiger charge is 2.15. The summed E-state index contributed by atoms with van der Waals surface area (Å²) in [6.07, 6.45) is 2.01. The summed E-state index contributed by atoms with van der Waals surface area (Å²) < 4.78 is 5.87. The molecule has 5 heteroatoms. The second-order valence-electron chi connectivity index (χ2n) is 7.20. The van der Waals surface area contributed by atoms with E-state index < -0.39 is 0 Å². The van der Waals surface area contributed by atoms with Crippen LogP contribution in [0.25, 0.3) is 0 Å². The van der Waals surface area contributed by atoms with Crippen molar-refractivity contribution in [3.8, 4) is 5.75 Å². The Labute approximate surface area is 182 Å². The van der Waals surface area contributed by atoms with Gasteiger partial charge in [-0.3, -0.25) is 0 Å². The van der Waals surface area contributed by atoms with E-state index in [-0.39, 0.29) is 0 Å². The Balaban J connectivity index is 1.44. The number of halogens is 2. The monoisotopic (exact) mass is 426 g/mol. The summed E-state index contributed by atoms with van der Waals surface area (Å²) in [6, 6.07) is 20.1. The number of benzene rings is 3. The summed E-state index contributed by atoms with van der Waals surface area (Å²) >= 11 is 13.0. The third kappa shape index (κ3) is 5.05. The second kappa shape index (κ2) is 9.53. The quantitative estimate of drug-likeness (QED) is 0.516. The van der Waals surface area contributed by atoms with Crippen molar-refractivity contribution in [2.45, 2.75) is 26.0 Å². The minimum Gasteiger partial charge on any atom is -0.487 e. The summed E-state index contributed by atoms with van der Waals surface area (Å²) in [5.41, 5.74) is 5.92. The Morgan fingerprint density at radius 2 is 1.69 bits per heavy atom. The van der Waals surface area contributed by atoms with Gasteiger partial charge in [-0.2, -0.15) is 0 Å². The highest BCUT2D eigenvalue weighted by atomic mass is 35.5.